The zero-order chi connectivity index (χ0) is 18.5. The molecule has 2 aliphatic rings. The fraction of sp³-hybridized carbons (Fsp3) is 0.650. The maximum Gasteiger partial charge on any atom is 0.236 e. The molecule has 3 rings (SSSR count). The number of carbonyl (C=O) groups excluding carboxylic acids is 1. The van der Waals surface area contributed by atoms with Crippen molar-refractivity contribution in [2.24, 2.45) is 0 Å². The van der Waals surface area contributed by atoms with Gasteiger partial charge < -0.3 is 14.7 Å². The van der Waals surface area contributed by atoms with E-state index in [-0.39, 0.29) is 30.0 Å². The highest BCUT2D eigenvalue weighted by atomic mass is 19.1. The molecule has 1 amide bonds. The lowest BCUT2D eigenvalue weighted by Crippen LogP contribution is -2.50. The summed E-state index contributed by atoms with van der Waals surface area (Å²) in [6.07, 6.45) is 3.47. The number of carbonyl (C=O) groups is 1. The third-order valence-corrected chi connectivity index (χ3v) is 5.36. The van der Waals surface area contributed by atoms with Crippen molar-refractivity contribution in [3.05, 3.63) is 35.6 Å². The number of ether oxygens (including phenoxy) is 1. The van der Waals surface area contributed by atoms with Gasteiger partial charge in [-0.2, -0.15) is 0 Å². The van der Waals surface area contributed by atoms with Gasteiger partial charge in [-0.1, -0.05) is 18.6 Å². The number of piperidine rings is 1. The lowest BCUT2D eigenvalue weighted by Gasteiger charge is -2.39. The molecule has 5 nitrogen and oxygen atoms in total. The fourth-order valence-corrected chi connectivity index (χ4v) is 3.96. The molecule has 0 aromatic heterocycles. The minimum Gasteiger partial charge on any atom is -0.393 e. The number of halogens is 1. The van der Waals surface area contributed by atoms with Crippen molar-refractivity contribution in [2.75, 3.05) is 32.8 Å². The summed E-state index contributed by atoms with van der Waals surface area (Å²) in [5.41, 5.74) is 0.897. The van der Waals surface area contributed by atoms with Gasteiger partial charge in [-0.15, -0.1) is 0 Å². The summed E-state index contributed by atoms with van der Waals surface area (Å²) < 4.78 is 18.9. The summed E-state index contributed by atoms with van der Waals surface area (Å²) in [5.74, 6) is -0.162. The summed E-state index contributed by atoms with van der Waals surface area (Å²) in [7, 11) is 0. The standard InChI is InChI=1S/C20H29FN2O3/c1-15(24)12-18-4-2-3-9-22(18)14-20(25)23-10-11-26-19(13-23)16-5-7-17(21)8-6-16/h5-8,15,18-19,24H,2-4,9-14H2,1H3/t15-,18-,19-/m0/s1. The topological polar surface area (TPSA) is 53.0 Å². The molecule has 2 fully saturated rings. The molecule has 2 aliphatic heterocycles. The van der Waals surface area contributed by atoms with Gasteiger partial charge >= 0.3 is 0 Å². The Morgan fingerprint density at radius 3 is 2.81 bits per heavy atom. The average Bonchev–Trinajstić information content (AvgIpc) is 2.63. The number of morpholine rings is 1. The second-order valence-corrected chi connectivity index (χ2v) is 7.46. The third kappa shape index (κ3) is 5.02. The monoisotopic (exact) mass is 364 g/mol. The molecule has 0 spiro atoms. The highest BCUT2D eigenvalue weighted by molar-refractivity contribution is 5.78. The molecule has 1 N–H and O–H groups in total. The van der Waals surface area contributed by atoms with Crippen molar-refractivity contribution < 1.29 is 19.0 Å². The van der Waals surface area contributed by atoms with Crippen molar-refractivity contribution in [1.82, 2.24) is 9.80 Å². The van der Waals surface area contributed by atoms with Crippen molar-refractivity contribution in [3.63, 3.8) is 0 Å². The molecule has 0 bridgehead atoms. The molecular weight excluding hydrogens is 335 g/mol. The Morgan fingerprint density at radius 2 is 2.08 bits per heavy atom. The second-order valence-electron chi connectivity index (χ2n) is 7.46. The largest absolute Gasteiger partial charge is 0.393 e. The van der Waals surface area contributed by atoms with Crippen molar-refractivity contribution in [3.8, 4) is 0 Å². The van der Waals surface area contributed by atoms with Crippen LogP contribution in [0.3, 0.4) is 0 Å². The molecule has 1 aromatic carbocycles. The van der Waals surface area contributed by atoms with Crippen LogP contribution in [0.15, 0.2) is 24.3 Å². The number of rotatable bonds is 5. The molecule has 26 heavy (non-hydrogen) atoms. The molecule has 144 valence electrons. The number of amides is 1. The van der Waals surface area contributed by atoms with E-state index in [2.05, 4.69) is 4.90 Å². The molecule has 0 aliphatic carbocycles. The number of likely N-dealkylation sites (tertiary alicyclic amines) is 1. The minimum atomic E-state index is -0.345. The van der Waals surface area contributed by atoms with E-state index in [0.29, 0.717) is 32.7 Å². The Labute approximate surface area is 154 Å². The predicted octanol–water partition coefficient (Wildman–Crippen LogP) is 2.35. The smallest absolute Gasteiger partial charge is 0.236 e. The highest BCUT2D eigenvalue weighted by Crippen LogP contribution is 2.24. The van der Waals surface area contributed by atoms with Crippen molar-refractivity contribution >= 4 is 5.91 Å². The van der Waals surface area contributed by atoms with Crippen LogP contribution in [-0.4, -0.2) is 65.7 Å². The number of benzene rings is 1. The first-order chi connectivity index (χ1) is 12.5. The van der Waals surface area contributed by atoms with Gasteiger partial charge in [-0.25, -0.2) is 4.39 Å². The van der Waals surface area contributed by atoms with Gasteiger partial charge in [0.2, 0.25) is 5.91 Å². The predicted molar refractivity (Wildman–Crippen MR) is 97.2 cm³/mol. The molecule has 3 atom stereocenters. The van der Waals surface area contributed by atoms with E-state index in [4.69, 9.17) is 4.74 Å². The Morgan fingerprint density at radius 1 is 1.31 bits per heavy atom. The van der Waals surface area contributed by atoms with Crippen molar-refractivity contribution in [1.29, 1.82) is 0 Å². The Hall–Kier alpha value is -1.50. The summed E-state index contributed by atoms with van der Waals surface area (Å²) >= 11 is 0. The van der Waals surface area contributed by atoms with Crippen LogP contribution in [0, 0.1) is 5.82 Å². The van der Waals surface area contributed by atoms with E-state index in [1.165, 1.54) is 12.1 Å². The first kappa shape index (κ1) is 19.3. The number of hydrogen-bond acceptors (Lipinski definition) is 4. The summed E-state index contributed by atoms with van der Waals surface area (Å²) in [5, 5.41) is 9.72. The molecule has 6 heteroatoms. The first-order valence-electron chi connectivity index (χ1n) is 9.60. The van der Waals surface area contributed by atoms with Gasteiger partial charge in [0.25, 0.3) is 0 Å². The molecule has 0 unspecified atom stereocenters. The second kappa shape index (κ2) is 8.93. The van der Waals surface area contributed by atoms with Crippen LogP contribution < -0.4 is 0 Å². The van der Waals surface area contributed by atoms with Gasteiger partial charge in [0.15, 0.2) is 0 Å². The third-order valence-electron chi connectivity index (χ3n) is 5.36. The molecule has 0 saturated carbocycles. The quantitative estimate of drug-likeness (QED) is 0.871. The van der Waals surface area contributed by atoms with E-state index in [9.17, 15) is 14.3 Å². The van der Waals surface area contributed by atoms with E-state index in [0.717, 1.165) is 31.4 Å². The van der Waals surface area contributed by atoms with Crippen LogP contribution in [0.1, 0.15) is 44.3 Å². The molecule has 0 radical (unpaired) electrons. The lowest BCUT2D eigenvalue weighted by molar-refractivity contribution is -0.141. The van der Waals surface area contributed by atoms with Crippen molar-refractivity contribution in [2.45, 2.75) is 50.9 Å². The Bertz CT molecular complexity index is 593. The number of aliphatic hydroxyl groups is 1. The number of hydrogen-bond donors (Lipinski definition) is 1. The SMILES string of the molecule is C[C@H](O)C[C@@H]1CCCCN1CC(=O)N1CCO[C@H](c2ccc(F)cc2)C1. The number of aliphatic hydroxyl groups excluding tert-OH is 1. The van der Waals surface area contributed by atoms with E-state index in [1.54, 1.807) is 12.1 Å². The van der Waals surface area contributed by atoms with E-state index >= 15 is 0 Å². The van der Waals surface area contributed by atoms with Crippen LogP contribution in [0.2, 0.25) is 0 Å². The minimum absolute atomic E-state index is 0.109. The summed E-state index contributed by atoms with van der Waals surface area (Å²) in [6, 6.07) is 6.57. The van der Waals surface area contributed by atoms with Crippen LogP contribution in [0.25, 0.3) is 0 Å². The number of nitrogens with zero attached hydrogens (tertiary/aromatic N) is 2. The lowest BCUT2D eigenvalue weighted by atomic mass is 9.97. The molecular formula is C20H29FN2O3. The van der Waals surface area contributed by atoms with Gasteiger partial charge in [0, 0.05) is 12.6 Å². The van der Waals surface area contributed by atoms with Gasteiger partial charge in [-0.3, -0.25) is 9.69 Å². The first-order valence-corrected chi connectivity index (χ1v) is 9.60. The zero-order valence-electron chi connectivity index (χ0n) is 15.4. The zero-order valence-corrected chi connectivity index (χ0v) is 15.4. The Kier molecular flexibility index (Phi) is 6.62. The summed E-state index contributed by atoms with van der Waals surface area (Å²) in [4.78, 5) is 16.9. The van der Waals surface area contributed by atoms with E-state index in [1.807, 2.05) is 11.8 Å². The van der Waals surface area contributed by atoms with Crippen LogP contribution in [-0.2, 0) is 9.53 Å². The highest BCUT2D eigenvalue weighted by Gasteiger charge is 2.30. The Balaban J connectivity index is 1.59. The van der Waals surface area contributed by atoms with E-state index < -0.39 is 0 Å². The average molecular weight is 364 g/mol. The van der Waals surface area contributed by atoms with Gasteiger partial charge in [-0.05, 0) is 50.4 Å². The van der Waals surface area contributed by atoms with Crippen LogP contribution in [0.5, 0.6) is 0 Å². The van der Waals surface area contributed by atoms with Crippen LogP contribution in [0.4, 0.5) is 4.39 Å². The van der Waals surface area contributed by atoms with Crippen LogP contribution >= 0.6 is 0 Å². The fourth-order valence-electron chi connectivity index (χ4n) is 3.96. The maximum absolute atomic E-state index is 13.1. The van der Waals surface area contributed by atoms with Gasteiger partial charge in [0.05, 0.1) is 25.8 Å². The maximum atomic E-state index is 13.1. The normalized spacial score (nSPS) is 25.9. The summed E-state index contributed by atoms with van der Waals surface area (Å²) in [6.45, 7) is 4.70. The molecule has 1 aromatic rings. The molecule has 2 saturated heterocycles. The molecule has 2 heterocycles. The van der Waals surface area contributed by atoms with Gasteiger partial charge in [0.1, 0.15) is 11.9 Å².